The average Bonchev–Trinajstić information content (AvgIpc) is 2.07. The van der Waals surface area contributed by atoms with E-state index in [1.165, 1.54) is 19.3 Å². The second-order valence-electron chi connectivity index (χ2n) is 3.77. The molecule has 0 aliphatic heterocycles. The van der Waals surface area contributed by atoms with Crippen molar-refractivity contribution in [2.24, 2.45) is 5.92 Å². The topological polar surface area (TPSA) is 35.2 Å². The number of benzene rings is 1. The predicted octanol–water partition coefficient (Wildman–Crippen LogP) is 3.21. The zero-order valence-corrected chi connectivity index (χ0v) is 9.59. The van der Waals surface area contributed by atoms with Crippen LogP contribution in [0.3, 0.4) is 0 Å². The molecule has 0 bridgehead atoms. The van der Waals surface area contributed by atoms with Gasteiger partial charge in [-0.3, -0.25) is 0 Å². The molecule has 0 spiro atoms. The van der Waals surface area contributed by atoms with Gasteiger partial charge < -0.3 is 10.5 Å². The molecule has 3 heteroatoms. The lowest BCUT2D eigenvalue weighted by molar-refractivity contribution is 0.180. The van der Waals surface area contributed by atoms with Gasteiger partial charge in [-0.15, -0.1) is 0 Å². The van der Waals surface area contributed by atoms with E-state index in [1.54, 1.807) is 0 Å². The van der Waals surface area contributed by atoms with Gasteiger partial charge in [-0.25, -0.2) is 0 Å². The second kappa shape index (κ2) is 4.22. The van der Waals surface area contributed by atoms with Gasteiger partial charge in [0.15, 0.2) is 5.75 Å². The lowest BCUT2D eigenvalue weighted by Crippen LogP contribution is -2.19. The smallest absolute Gasteiger partial charge is 0.156 e. The van der Waals surface area contributed by atoms with Gasteiger partial charge in [0.05, 0.1) is 16.8 Å². The molecule has 1 aliphatic rings. The number of hydrogen-bond acceptors (Lipinski definition) is 2. The maximum Gasteiger partial charge on any atom is 0.156 e. The summed E-state index contributed by atoms with van der Waals surface area (Å²) in [5, 5.41) is 0. The van der Waals surface area contributed by atoms with Gasteiger partial charge in [0.2, 0.25) is 0 Å². The minimum atomic E-state index is 0.707. The highest BCUT2D eigenvalue weighted by molar-refractivity contribution is 9.10. The van der Waals surface area contributed by atoms with Gasteiger partial charge in [-0.2, -0.15) is 0 Å². The van der Waals surface area contributed by atoms with Crippen molar-refractivity contribution >= 4 is 21.6 Å². The molecule has 1 aliphatic carbocycles. The molecule has 1 aromatic rings. The Morgan fingerprint density at radius 2 is 2.21 bits per heavy atom. The van der Waals surface area contributed by atoms with Crippen molar-refractivity contribution in [3.05, 3.63) is 22.7 Å². The summed E-state index contributed by atoms with van der Waals surface area (Å²) in [5.41, 5.74) is 6.52. The SMILES string of the molecule is Nc1cccc(Br)c1OCC1CCC1. The van der Waals surface area contributed by atoms with E-state index in [4.69, 9.17) is 10.5 Å². The molecule has 76 valence electrons. The Hall–Kier alpha value is -0.700. The van der Waals surface area contributed by atoms with Crippen LogP contribution in [0, 0.1) is 5.92 Å². The van der Waals surface area contributed by atoms with E-state index in [9.17, 15) is 0 Å². The van der Waals surface area contributed by atoms with Crippen molar-refractivity contribution in [3.8, 4) is 5.75 Å². The van der Waals surface area contributed by atoms with Crippen molar-refractivity contribution in [2.75, 3.05) is 12.3 Å². The molecule has 1 saturated carbocycles. The Morgan fingerprint density at radius 3 is 2.79 bits per heavy atom. The van der Waals surface area contributed by atoms with Gasteiger partial charge in [0, 0.05) is 0 Å². The fraction of sp³-hybridized carbons (Fsp3) is 0.455. The maximum absolute atomic E-state index is 5.81. The molecule has 1 aromatic carbocycles. The van der Waals surface area contributed by atoms with Crippen LogP contribution in [0.25, 0.3) is 0 Å². The van der Waals surface area contributed by atoms with Crippen molar-refractivity contribution in [3.63, 3.8) is 0 Å². The lowest BCUT2D eigenvalue weighted by atomic mass is 9.86. The number of rotatable bonds is 3. The number of halogens is 1. The summed E-state index contributed by atoms with van der Waals surface area (Å²) in [6.45, 7) is 0.798. The van der Waals surface area contributed by atoms with Crippen molar-refractivity contribution in [2.45, 2.75) is 19.3 Å². The minimum Gasteiger partial charge on any atom is -0.490 e. The second-order valence-corrected chi connectivity index (χ2v) is 4.62. The first-order valence-corrected chi connectivity index (χ1v) is 5.73. The number of nitrogens with two attached hydrogens (primary N) is 1. The van der Waals surface area contributed by atoms with Gasteiger partial charge >= 0.3 is 0 Å². The third-order valence-corrected chi connectivity index (χ3v) is 3.31. The van der Waals surface area contributed by atoms with E-state index in [2.05, 4.69) is 15.9 Å². The van der Waals surface area contributed by atoms with Gasteiger partial charge in [-0.05, 0) is 46.8 Å². The van der Waals surface area contributed by atoms with Crippen molar-refractivity contribution < 1.29 is 4.74 Å². The van der Waals surface area contributed by atoms with E-state index in [1.807, 2.05) is 18.2 Å². The monoisotopic (exact) mass is 255 g/mol. The molecule has 0 atom stereocenters. The summed E-state index contributed by atoms with van der Waals surface area (Å²) in [6, 6.07) is 5.73. The molecule has 0 radical (unpaired) electrons. The molecule has 0 saturated heterocycles. The van der Waals surface area contributed by atoms with Crippen LogP contribution >= 0.6 is 15.9 Å². The molecular formula is C11H14BrNO. The highest BCUT2D eigenvalue weighted by atomic mass is 79.9. The van der Waals surface area contributed by atoms with Gasteiger partial charge in [0.25, 0.3) is 0 Å². The maximum atomic E-state index is 5.81. The summed E-state index contributed by atoms with van der Waals surface area (Å²) in [7, 11) is 0. The number of para-hydroxylation sites is 1. The summed E-state index contributed by atoms with van der Waals surface area (Å²) in [4.78, 5) is 0. The normalized spacial score (nSPS) is 16.4. The fourth-order valence-electron chi connectivity index (χ4n) is 1.54. The third kappa shape index (κ3) is 2.03. The summed E-state index contributed by atoms with van der Waals surface area (Å²) < 4.78 is 6.64. The van der Waals surface area contributed by atoms with E-state index >= 15 is 0 Å². The molecule has 0 aromatic heterocycles. The number of ether oxygens (including phenoxy) is 1. The van der Waals surface area contributed by atoms with E-state index in [0.29, 0.717) is 5.69 Å². The molecule has 0 amide bonds. The molecule has 0 unspecified atom stereocenters. The standard InChI is InChI=1S/C11H14BrNO/c12-9-5-2-6-10(13)11(9)14-7-8-3-1-4-8/h2,5-6,8H,1,3-4,7,13H2. The van der Waals surface area contributed by atoms with Crippen LogP contribution in [0.5, 0.6) is 5.75 Å². The first kappa shape index (κ1) is 9.84. The third-order valence-electron chi connectivity index (χ3n) is 2.69. The van der Waals surface area contributed by atoms with Crippen LogP contribution in [-0.4, -0.2) is 6.61 Å². The van der Waals surface area contributed by atoms with Gasteiger partial charge in [0.1, 0.15) is 0 Å². The lowest BCUT2D eigenvalue weighted by Gasteiger charge is -2.25. The Morgan fingerprint density at radius 1 is 1.43 bits per heavy atom. The van der Waals surface area contributed by atoms with Crippen LogP contribution in [-0.2, 0) is 0 Å². The van der Waals surface area contributed by atoms with Gasteiger partial charge in [-0.1, -0.05) is 12.5 Å². The first-order valence-electron chi connectivity index (χ1n) is 4.94. The summed E-state index contributed by atoms with van der Waals surface area (Å²) in [6.07, 6.45) is 3.94. The highest BCUT2D eigenvalue weighted by Gasteiger charge is 2.18. The van der Waals surface area contributed by atoms with Crippen LogP contribution in [0.15, 0.2) is 22.7 Å². The van der Waals surface area contributed by atoms with Crippen LogP contribution in [0.2, 0.25) is 0 Å². The molecule has 14 heavy (non-hydrogen) atoms. The number of anilines is 1. The zero-order chi connectivity index (χ0) is 9.97. The van der Waals surface area contributed by atoms with Crippen LogP contribution in [0.4, 0.5) is 5.69 Å². The number of hydrogen-bond donors (Lipinski definition) is 1. The Kier molecular flexibility index (Phi) is 2.96. The predicted molar refractivity (Wildman–Crippen MR) is 61.4 cm³/mol. The molecule has 2 N–H and O–H groups in total. The molecular weight excluding hydrogens is 242 g/mol. The Balaban J connectivity index is 2.00. The van der Waals surface area contributed by atoms with E-state index < -0.39 is 0 Å². The van der Waals surface area contributed by atoms with E-state index in [-0.39, 0.29) is 0 Å². The molecule has 0 heterocycles. The molecule has 1 fully saturated rings. The van der Waals surface area contributed by atoms with E-state index in [0.717, 1.165) is 22.7 Å². The summed E-state index contributed by atoms with van der Waals surface area (Å²) >= 11 is 3.43. The van der Waals surface area contributed by atoms with Crippen LogP contribution in [0.1, 0.15) is 19.3 Å². The largest absolute Gasteiger partial charge is 0.490 e. The Bertz CT molecular complexity index is 303. The van der Waals surface area contributed by atoms with Crippen molar-refractivity contribution in [1.29, 1.82) is 0 Å². The molecule has 2 nitrogen and oxygen atoms in total. The first-order chi connectivity index (χ1) is 6.77. The van der Waals surface area contributed by atoms with Crippen LogP contribution < -0.4 is 10.5 Å². The zero-order valence-electron chi connectivity index (χ0n) is 8.00. The number of nitrogen functional groups attached to an aromatic ring is 1. The Labute approximate surface area is 92.6 Å². The molecule has 2 rings (SSSR count). The van der Waals surface area contributed by atoms with Crippen molar-refractivity contribution in [1.82, 2.24) is 0 Å². The quantitative estimate of drug-likeness (QED) is 0.843. The average molecular weight is 256 g/mol. The minimum absolute atomic E-state index is 0.707. The highest BCUT2D eigenvalue weighted by Crippen LogP contribution is 2.33. The fourth-order valence-corrected chi connectivity index (χ4v) is 2.03. The summed E-state index contributed by atoms with van der Waals surface area (Å²) in [5.74, 6) is 1.53.